The highest BCUT2D eigenvalue weighted by Crippen LogP contribution is 2.32. The Morgan fingerprint density at radius 3 is 3.08 bits per heavy atom. The molecule has 0 fully saturated rings. The zero-order valence-electron chi connectivity index (χ0n) is 13.8. The Hall–Kier alpha value is -1.89. The molecule has 0 radical (unpaired) electrons. The maximum absolute atomic E-state index is 14.3. The summed E-state index contributed by atoms with van der Waals surface area (Å²) >= 11 is 1.61. The van der Waals surface area contributed by atoms with Crippen LogP contribution in [0.2, 0.25) is 0 Å². The fraction of sp³-hybridized carbons (Fsp3) is 0.471. The largest absolute Gasteiger partial charge is 0.339 e. The topological polar surface area (TPSA) is 59.2 Å². The van der Waals surface area contributed by atoms with E-state index in [1.807, 2.05) is 13.2 Å². The normalized spacial score (nSPS) is 13.9. The molecule has 0 saturated carbocycles. The number of thioether (sulfide) groups is 1. The molecule has 2 aromatic rings. The number of aromatic nitrogens is 2. The molecule has 24 heavy (non-hydrogen) atoms. The van der Waals surface area contributed by atoms with E-state index in [0.29, 0.717) is 36.1 Å². The number of fused-ring (bicyclic) bond motifs is 1. The molecule has 0 atom stereocenters. The zero-order chi connectivity index (χ0) is 17.1. The van der Waals surface area contributed by atoms with Crippen molar-refractivity contribution in [1.29, 1.82) is 0 Å². The standard InChI is InChI=1S/C17H20FN3O2S/c1-11-5-6-13(18)17-12(11)4-3-9-21(17)16(22)8-7-15-19-14(10-24-2)20-23-15/h5-6H,3-4,7-10H2,1-2H3. The number of hydrogen-bond acceptors (Lipinski definition) is 5. The number of rotatable bonds is 5. The Morgan fingerprint density at radius 2 is 2.29 bits per heavy atom. The van der Waals surface area contributed by atoms with Crippen molar-refractivity contribution in [2.45, 2.75) is 38.4 Å². The van der Waals surface area contributed by atoms with Crippen LogP contribution in [-0.4, -0.2) is 28.8 Å². The predicted octanol–water partition coefficient (Wildman–Crippen LogP) is 3.29. The lowest BCUT2D eigenvalue weighted by Gasteiger charge is -2.30. The van der Waals surface area contributed by atoms with Gasteiger partial charge in [-0.2, -0.15) is 16.7 Å². The molecular weight excluding hydrogens is 329 g/mol. The molecule has 1 aromatic carbocycles. The van der Waals surface area contributed by atoms with Crippen molar-refractivity contribution in [1.82, 2.24) is 10.1 Å². The summed E-state index contributed by atoms with van der Waals surface area (Å²) in [5.41, 5.74) is 2.41. The molecule has 1 amide bonds. The lowest BCUT2D eigenvalue weighted by Crippen LogP contribution is -2.36. The number of benzene rings is 1. The van der Waals surface area contributed by atoms with E-state index in [-0.39, 0.29) is 18.1 Å². The minimum absolute atomic E-state index is 0.106. The molecule has 0 saturated heterocycles. The molecule has 3 rings (SSSR count). The van der Waals surface area contributed by atoms with Gasteiger partial charge in [0.25, 0.3) is 0 Å². The molecule has 7 heteroatoms. The minimum Gasteiger partial charge on any atom is -0.339 e. The Morgan fingerprint density at radius 1 is 1.46 bits per heavy atom. The van der Waals surface area contributed by atoms with Crippen LogP contribution in [-0.2, 0) is 23.4 Å². The van der Waals surface area contributed by atoms with Crippen molar-refractivity contribution in [2.75, 3.05) is 17.7 Å². The van der Waals surface area contributed by atoms with Crippen LogP contribution in [0.25, 0.3) is 0 Å². The highest BCUT2D eigenvalue weighted by molar-refractivity contribution is 7.97. The summed E-state index contributed by atoms with van der Waals surface area (Å²) in [6.45, 7) is 2.51. The van der Waals surface area contributed by atoms with Crippen LogP contribution in [0.4, 0.5) is 10.1 Å². The number of halogens is 1. The van der Waals surface area contributed by atoms with Gasteiger partial charge in [0, 0.05) is 19.4 Å². The van der Waals surface area contributed by atoms with E-state index in [1.165, 1.54) is 6.07 Å². The van der Waals surface area contributed by atoms with E-state index in [9.17, 15) is 9.18 Å². The van der Waals surface area contributed by atoms with Gasteiger partial charge in [-0.1, -0.05) is 11.2 Å². The van der Waals surface area contributed by atoms with Crippen molar-refractivity contribution in [3.8, 4) is 0 Å². The van der Waals surface area contributed by atoms with E-state index >= 15 is 0 Å². The summed E-state index contributed by atoms with van der Waals surface area (Å²) in [5, 5.41) is 3.87. The molecule has 0 spiro atoms. The molecule has 1 aliphatic heterocycles. The van der Waals surface area contributed by atoms with Gasteiger partial charge in [0.05, 0.1) is 11.4 Å². The Labute approximate surface area is 144 Å². The first-order valence-corrected chi connectivity index (χ1v) is 9.38. The second-order valence-corrected chi connectivity index (χ2v) is 6.74. The number of amides is 1. The molecule has 0 aliphatic carbocycles. The Bertz CT molecular complexity index is 747. The van der Waals surface area contributed by atoms with Crippen molar-refractivity contribution in [3.63, 3.8) is 0 Å². The summed E-state index contributed by atoms with van der Waals surface area (Å²) in [7, 11) is 0. The summed E-state index contributed by atoms with van der Waals surface area (Å²) in [6, 6.07) is 3.21. The van der Waals surface area contributed by atoms with Crippen molar-refractivity contribution >= 4 is 23.4 Å². The number of carbonyl (C=O) groups is 1. The van der Waals surface area contributed by atoms with Gasteiger partial charge in [-0.25, -0.2) is 4.39 Å². The first kappa shape index (κ1) is 17.0. The Balaban J connectivity index is 1.71. The molecule has 0 bridgehead atoms. The van der Waals surface area contributed by atoms with Crippen LogP contribution in [0, 0.1) is 12.7 Å². The fourth-order valence-corrected chi connectivity index (χ4v) is 3.39. The van der Waals surface area contributed by atoms with E-state index in [4.69, 9.17) is 4.52 Å². The van der Waals surface area contributed by atoms with Crippen molar-refractivity contribution < 1.29 is 13.7 Å². The average molecular weight is 349 g/mol. The zero-order valence-corrected chi connectivity index (χ0v) is 14.7. The smallest absolute Gasteiger partial charge is 0.227 e. The van der Waals surface area contributed by atoms with Crippen molar-refractivity contribution in [3.05, 3.63) is 40.8 Å². The summed E-state index contributed by atoms with van der Waals surface area (Å²) in [5.74, 6) is 1.33. The first-order valence-electron chi connectivity index (χ1n) is 7.99. The molecule has 0 unspecified atom stereocenters. The van der Waals surface area contributed by atoms with Gasteiger partial charge in [-0.15, -0.1) is 0 Å². The second kappa shape index (κ2) is 7.34. The summed E-state index contributed by atoms with van der Waals surface area (Å²) < 4.78 is 19.4. The SMILES string of the molecule is CSCc1noc(CCC(=O)N2CCCc3c(C)ccc(F)c32)n1. The number of carbonyl (C=O) groups excluding carboxylic acids is 1. The van der Waals surface area contributed by atoms with Crippen LogP contribution in [0.3, 0.4) is 0 Å². The minimum atomic E-state index is -0.330. The van der Waals surface area contributed by atoms with Crippen LogP contribution in [0.5, 0.6) is 0 Å². The molecule has 5 nitrogen and oxygen atoms in total. The third-order valence-electron chi connectivity index (χ3n) is 4.18. The quantitative estimate of drug-likeness (QED) is 0.829. The van der Waals surface area contributed by atoms with E-state index in [2.05, 4.69) is 10.1 Å². The molecule has 1 aromatic heterocycles. The average Bonchev–Trinajstić information content (AvgIpc) is 3.03. The van der Waals surface area contributed by atoms with Gasteiger partial charge in [0.1, 0.15) is 5.82 Å². The molecule has 1 aliphatic rings. The summed E-state index contributed by atoms with van der Waals surface area (Å²) in [4.78, 5) is 18.4. The monoisotopic (exact) mass is 349 g/mol. The number of hydrogen-bond donors (Lipinski definition) is 0. The predicted molar refractivity (Wildman–Crippen MR) is 91.6 cm³/mol. The van der Waals surface area contributed by atoms with Gasteiger partial charge >= 0.3 is 0 Å². The highest BCUT2D eigenvalue weighted by Gasteiger charge is 2.26. The van der Waals surface area contributed by atoms with Crippen LogP contribution >= 0.6 is 11.8 Å². The lowest BCUT2D eigenvalue weighted by atomic mass is 9.96. The van der Waals surface area contributed by atoms with Crippen LogP contribution in [0.1, 0.15) is 35.7 Å². The van der Waals surface area contributed by atoms with E-state index in [0.717, 1.165) is 24.0 Å². The van der Waals surface area contributed by atoms with Gasteiger partial charge in [0.15, 0.2) is 5.82 Å². The molecule has 2 heterocycles. The van der Waals surface area contributed by atoms with Gasteiger partial charge < -0.3 is 9.42 Å². The third kappa shape index (κ3) is 3.45. The van der Waals surface area contributed by atoms with E-state index < -0.39 is 0 Å². The fourth-order valence-electron chi connectivity index (χ4n) is 3.02. The number of aryl methyl sites for hydroxylation is 2. The number of anilines is 1. The first-order chi connectivity index (χ1) is 11.6. The highest BCUT2D eigenvalue weighted by atomic mass is 32.2. The molecular formula is C17H20FN3O2S. The van der Waals surface area contributed by atoms with Crippen LogP contribution in [0.15, 0.2) is 16.7 Å². The number of nitrogens with zero attached hydrogens (tertiary/aromatic N) is 3. The Kier molecular flexibility index (Phi) is 5.18. The van der Waals surface area contributed by atoms with Gasteiger partial charge in [0.2, 0.25) is 11.8 Å². The molecule has 0 N–H and O–H groups in total. The second-order valence-electron chi connectivity index (χ2n) is 5.88. The maximum Gasteiger partial charge on any atom is 0.227 e. The van der Waals surface area contributed by atoms with Crippen molar-refractivity contribution in [2.24, 2.45) is 0 Å². The molecule has 128 valence electrons. The summed E-state index contributed by atoms with van der Waals surface area (Å²) in [6.07, 6.45) is 4.23. The van der Waals surface area contributed by atoms with Gasteiger partial charge in [-0.3, -0.25) is 4.79 Å². The lowest BCUT2D eigenvalue weighted by molar-refractivity contribution is -0.118. The van der Waals surface area contributed by atoms with Crippen LogP contribution < -0.4 is 4.90 Å². The maximum atomic E-state index is 14.3. The van der Waals surface area contributed by atoms with Gasteiger partial charge in [-0.05, 0) is 43.2 Å². The third-order valence-corrected chi connectivity index (χ3v) is 4.73. The van der Waals surface area contributed by atoms with E-state index in [1.54, 1.807) is 22.7 Å².